The molecule has 1 aliphatic rings. The van der Waals surface area contributed by atoms with E-state index in [1.165, 1.54) is 12.1 Å². The van der Waals surface area contributed by atoms with Gasteiger partial charge in [0.25, 0.3) is 5.91 Å². The summed E-state index contributed by atoms with van der Waals surface area (Å²) in [4.78, 5) is 14.5. The third kappa shape index (κ3) is 5.17. The van der Waals surface area contributed by atoms with Gasteiger partial charge in [0.05, 0.1) is 4.90 Å². The molecule has 1 aromatic rings. The van der Waals surface area contributed by atoms with E-state index in [4.69, 9.17) is 0 Å². The first-order valence-corrected chi connectivity index (χ1v) is 9.40. The predicted octanol–water partition coefficient (Wildman–Crippen LogP) is 1.62. The lowest BCUT2D eigenvalue weighted by Gasteiger charge is -2.32. The average molecular weight is 376 g/mol. The van der Waals surface area contributed by atoms with Crippen LogP contribution in [0.3, 0.4) is 0 Å². The van der Waals surface area contributed by atoms with E-state index in [-0.39, 0.29) is 29.3 Å². The SMILES string of the molecule is CNC1CCN(C(=O)c2cccc(S(=O)(=O)NC(C)C)c2)CC1.Cl. The highest BCUT2D eigenvalue weighted by molar-refractivity contribution is 7.89. The van der Waals surface area contributed by atoms with Crippen molar-refractivity contribution in [2.24, 2.45) is 0 Å². The second kappa shape index (κ2) is 8.80. The molecule has 0 aromatic heterocycles. The predicted molar refractivity (Wildman–Crippen MR) is 97.1 cm³/mol. The van der Waals surface area contributed by atoms with E-state index in [1.807, 2.05) is 7.05 Å². The van der Waals surface area contributed by atoms with E-state index in [2.05, 4.69) is 10.0 Å². The number of sulfonamides is 1. The van der Waals surface area contributed by atoms with Crippen LogP contribution in [0.4, 0.5) is 0 Å². The highest BCUT2D eigenvalue weighted by Crippen LogP contribution is 2.17. The number of piperidine rings is 1. The molecule has 1 heterocycles. The highest BCUT2D eigenvalue weighted by Gasteiger charge is 2.24. The van der Waals surface area contributed by atoms with E-state index < -0.39 is 10.0 Å². The number of halogens is 1. The number of amides is 1. The van der Waals surface area contributed by atoms with Crippen LogP contribution in [0.2, 0.25) is 0 Å². The van der Waals surface area contributed by atoms with Gasteiger partial charge >= 0.3 is 0 Å². The largest absolute Gasteiger partial charge is 0.339 e. The molecule has 0 radical (unpaired) electrons. The maximum atomic E-state index is 12.6. The van der Waals surface area contributed by atoms with Gasteiger partial charge in [-0.2, -0.15) is 0 Å². The zero-order chi connectivity index (χ0) is 17.0. The Morgan fingerprint density at radius 3 is 2.42 bits per heavy atom. The van der Waals surface area contributed by atoms with Crippen LogP contribution in [0.25, 0.3) is 0 Å². The Morgan fingerprint density at radius 1 is 1.25 bits per heavy atom. The Bertz CT molecular complexity index is 656. The van der Waals surface area contributed by atoms with E-state index in [1.54, 1.807) is 30.9 Å². The smallest absolute Gasteiger partial charge is 0.253 e. The number of likely N-dealkylation sites (tertiary alicyclic amines) is 1. The number of benzene rings is 1. The zero-order valence-corrected chi connectivity index (χ0v) is 15.9. The monoisotopic (exact) mass is 375 g/mol. The minimum absolute atomic E-state index is 0. The summed E-state index contributed by atoms with van der Waals surface area (Å²) in [6.45, 7) is 4.90. The van der Waals surface area contributed by atoms with E-state index in [0.717, 1.165) is 12.8 Å². The van der Waals surface area contributed by atoms with Crippen LogP contribution in [0.15, 0.2) is 29.2 Å². The van der Waals surface area contributed by atoms with Gasteiger partial charge in [-0.25, -0.2) is 13.1 Å². The summed E-state index contributed by atoms with van der Waals surface area (Å²) in [5.41, 5.74) is 0.416. The van der Waals surface area contributed by atoms with Crippen LogP contribution in [0.5, 0.6) is 0 Å². The Labute approximate surface area is 150 Å². The first kappa shape index (κ1) is 20.9. The molecule has 0 unspecified atom stereocenters. The van der Waals surface area contributed by atoms with Crippen molar-refractivity contribution < 1.29 is 13.2 Å². The van der Waals surface area contributed by atoms with Crippen molar-refractivity contribution in [3.8, 4) is 0 Å². The molecule has 0 aliphatic carbocycles. The van der Waals surface area contributed by atoms with Gasteiger partial charge in [-0.15, -0.1) is 12.4 Å². The Kier molecular flexibility index (Phi) is 7.66. The lowest BCUT2D eigenvalue weighted by molar-refractivity contribution is 0.0707. The average Bonchev–Trinajstić information content (AvgIpc) is 2.53. The Hall–Kier alpha value is -1.15. The summed E-state index contributed by atoms with van der Waals surface area (Å²) in [5, 5.41) is 3.22. The molecular weight excluding hydrogens is 350 g/mol. The molecule has 2 N–H and O–H groups in total. The maximum absolute atomic E-state index is 12.6. The first-order chi connectivity index (χ1) is 10.8. The number of carbonyl (C=O) groups is 1. The maximum Gasteiger partial charge on any atom is 0.253 e. The summed E-state index contributed by atoms with van der Waals surface area (Å²) >= 11 is 0. The van der Waals surface area contributed by atoms with Crippen LogP contribution in [0.1, 0.15) is 37.0 Å². The van der Waals surface area contributed by atoms with Crippen LogP contribution in [-0.4, -0.2) is 51.4 Å². The molecule has 2 rings (SSSR count). The van der Waals surface area contributed by atoms with Gasteiger partial charge < -0.3 is 10.2 Å². The van der Waals surface area contributed by atoms with E-state index >= 15 is 0 Å². The second-order valence-electron chi connectivity index (χ2n) is 6.16. The van der Waals surface area contributed by atoms with Crippen LogP contribution in [0, 0.1) is 0 Å². The standard InChI is InChI=1S/C16H25N3O3S.ClH/c1-12(2)18-23(21,22)15-6-4-5-13(11-15)16(20)19-9-7-14(17-3)8-10-19;/h4-6,11-12,14,17-18H,7-10H2,1-3H3;1H. The number of rotatable bonds is 5. The molecule has 6 nitrogen and oxygen atoms in total. The van der Waals surface area contributed by atoms with Gasteiger partial charge in [-0.05, 0) is 51.9 Å². The Balaban J connectivity index is 0.00000288. The molecule has 0 spiro atoms. The molecule has 24 heavy (non-hydrogen) atoms. The summed E-state index contributed by atoms with van der Waals surface area (Å²) in [7, 11) is -1.66. The molecule has 1 aromatic carbocycles. The highest BCUT2D eigenvalue weighted by atomic mass is 35.5. The van der Waals surface area contributed by atoms with Crippen molar-refractivity contribution in [2.45, 2.75) is 43.7 Å². The normalized spacial score (nSPS) is 16.1. The molecule has 0 atom stereocenters. The van der Waals surface area contributed by atoms with E-state index in [0.29, 0.717) is 24.7 Å². The quantitative estimate of drug-likeness (QED) is 0.819. The third-order valence-electron chi connectivity index (χ3n) is 3.97. The number of carbonyl (C=O) groups excluding carboxylic acids is 1. The second-order valence-corrected chi connectivity index (χ2v) is 7.87. The van der Waals surface area contributed by atoms with Gasteiger partial charge in [0.1, 0.15) is 0 Å². The molecule has 1 fully saturated rings. The van der Waals surface area contributed by atoms with Crippen molar-refractivity contribution >= 4 is 28.3 Å². The molecular formula is C16H26ClN3O3S. The van der Waals surface area contributed by atoms with Crippen molar-refractivity contribution in [1.29, 1.82) is 0 Å². The number of nitrogens with zero attached hydrogens (tertiary/aromatic N) is 1. The topological polar surface area (TPSA) is 78.5 Å². The minimum atomic E-state index is -3.59. The molecule has 1 aliphatic heterocycles. The molecule has 1 saturated heterocycles. The molecule has 136 valence electrons. The molecule has 1 amide bonds. The lowest BCUT2D eigenvalue weighted by Crippen LogP contribution is -2.44. The van der Waals surface area contributed by atoms with Gasteiger partial charge in [-0.3, -0.25) is 4.79 Å². The Morgan fingerprint density at radius 2 is 1.88 bits per heavy atom. The van der Waals surface area contributed by atoms with Crippen LogP contribution in [-0.2, 0) is 10.0 Å². The summed E-state index contributed by atoms with van der Waals surface area (Å²) in [6, 6.07) is 6.50. The van der Waals surface area contributed by atoms with Crippen molar-refractivity contribution in [1.82, 2.24) is 14.9 Å². The lowest BCUT2D eigenvalue weighted by atomic mass is 10.0. The fourth-order valence-electron chi connectivity index (χ4n) is 2.73. The minimum Gasteiger partial charge on any atom is -0.339 e. The van der Waals surface area contributed by atoms with Crippen molar-refractivity contribution in [2.75, 3.05) is 20.1 Å². The summed E-state index contributed by atoms with van der Waals surface area (Å²) < 4.78 is 27.0. The van der Waals surface area contributed by atoms with Gasteiger partial charge in [-0.1, -0.05) is 6.07 Å². The molecule has 0 bridgehead atoms. The van der Waals surface area contributed by atoms with Gasteiger partial charge in [0.15, 0.2) is 0 Å². The zero-order valence-electron chi connectivity index (χ0n) is 14.3. The van der Waals surface area contributed by atoms with Crippen molar-refractivity contribution in [3.63, 3.8) is 0 Å². The van der Waals surface area contributed by atoms with Crippen LogP contribution < -0.4 is 10.0 Å². The molecule has 8 heteroatoms. The first-order valence-electron chi connectivity index (χ1n) is 7.92. The van der Waals surface area contributed by atoms with Gasteiger partial charge in [0, 0.05) is 30.7 Å². The number of nitrogens with one attached hydrogen (secondary N) is 2. The third-order valence-corrected chi connectivity index (χ3v) is 5.63. The fraction of sp³-hybridized carbons (Fsp3) is 0.562. The number of hydrogen-bond donors (Lipinski definition) is 2. The summed E-state index contributed by atoms with van der Waals surface area (Å²) in [6.07, 6.45) is 1.82. The van der Waals surface area contributed by atoms with E-state index in [9.17, 15) is 13.2 Å². The summed E-state index contributed by atoms with van der Waals surface area (Å²) in [5.74, 6) is -0.110. The van der Waals surface area contributed by atoms with Gasteiger partial charge in [0.2, 0.25) is 10.0 Å². The van der Waals surface area contributed by atoms with Crippen LogP contribution >= 0.6 is 12.4 Å². The number of hydrogen-bond acceptors (Lipinski definition) is 4. The van der Waals surface area contributed by atoms with Crippen molar-refractivity contribution in [3.05, 3.63) is 29.8 Å². The fourth-order valence-corrected chi connectivity index (χ4v) is 4.02. The molecule has 0 saturated carbocycles.